The van der Waals surface area contributed by atoms with E-state index in [9.17, 15) is 9.90 Å². The van der Waals surface area contributed by atoms with Gasteiger partial charge in [0, 0.05) is 17.5 Å². The van der Waals surface area contributed by atoms with E-state index >= 15 is 0 Å². The molecule has 0 aromatic heterocycles. The average molecular weight is 343 g/mol. The van der Waals surface area contributed by atoms with E-state index in [-0.39, 0.29) is 11.2 Å². The van der Waals surface area contributed by atoms with Gasteiger partial charge in [-0.2, -0.15) is 0 Å². The Morgan fingerprint density at radius 2 is 2.20 bits per heavy atom. The molecule has 1 aliphatic heterocycles. The molecule has 1 aromatic carbocycles. The van der Waals surface area contributed by atoms with Crippen LogP contribution in [0.3, 0.4) is 0 Å². The molecule has 2 bridgehead atoms. The first-order chi connectivity index (χ1) is 11.8. The summed E-state index contributed by atoms with van der Waals surface area (Å²) in [5.41, 5.74) is 6.12. The summed E-state index contributed by atoms with van der Waals surface area (Å²) >= 11 is 0. The van der Waals surface area contributed by atoms with Crippen molar-refractivity contribution < 1.29 is 19.4 Å². The van der Waals surface area contributed by atoms with E-state index in [2.05, 4.69) is 13.0 Å². The zero-order valence-electron chi connectivity index (χ0n) is 15.0. The number of Topliss-reactive ketones (excluding diaryl/α,β-unsaturated/α-hetero) is 1. The first-order valence-electron chi connectivity index (χ1n) is 9.19. The molecule has 5 rings (SSSR count). The summed E-state index contributed by atoms with van der Waals surface area (Å²) in [6.07, 6.45) is 2.41. The molecule has 0 saturated heterocycles. The molecule has 0 radical (unpaired) electrons. The third-order valence-corrected chi connectivity index (χ3v) is 8.10. The van der Waals surface area contributed by atoms with Crippen molar-refractivity contribution in [1.82, 2.24) is 0 Å². The van der Waals surface area contributed by atoms with Crippen LogP contribution in [0.5, 0.6) is 11.5 Å². The molecule has 4 aliphatic rings. The second-order valence-corrected chi connectivity index (χ2v) is 8.62. The van der Waals surface area contributed by atoms with Gasteiger partial charge in [0.1, 0.15) is 0 Å². The Labute approximate surface area is 147 Å². The van der Waals surface area contributed by atoms with Crippen LogP contribution < -0.4 is 15.2 Å². The fourth-order valence-corrected chi connectivity index (χ4v) is 6.72. The Hall–Kier alpha value is -1.59. The molecule has 1 spiro atoms. The van der Waals surface area contributed by atoms with Gasteiger partial charge in [-0.3, -0.25) is 4.79 Å². The number of rotatable bonds is 2. The van der Waals surface area contributed by atoms with E-state index in [4.69, 9.17) is 15.2 Å². The lowest BCUT2D eigenvalue weighted by atomic mass is 9.56. The van der Waals surface area contributed by atoms with E-state index < -0.39 is 22.7 Å². The normalized spacial score (nSPS) is 46.0. The third kappa shape index (κ3) is 1.31. The number of carbonyl (C=O) groups is 1. The van der Waals surface area contributed by atoms with Gasteiger partial charge >= 0.3 is 0 Å². The minimum atomic E-state index is -1.16. The SMILES string of the molecule is CCC12Cc3ccc(OC)c4c3C3(C1)C(O4)C(=O)CCC3(O)[C@@]2(C)N. The third-order valence-electron chi connectivity index (χ3n) is 8.10. The molecular weight excluding hydrogens is 318 g/mol. The van der Waals surface area contributed by atoms with Gasteiger partial charge in [0.25, 0.3) is 0 Å². The van der Waals surface area contributed by atoms with Crippen molar-refractivity contribution in [2.24, 2.45) is 11.1 Å². The van der Waals surface area contributed by atoms with Crippen molar-refractivity contribution in [2.45, 2.75) is 68.6 Å². The number of hydrogen-bond acceptors (Lipinski definition) is 5. The summed E-state index contributed by atoms with van der Waals surface area (Å²) in [5, 5.41) is 12.0. The van der Waals surface area contributed by atoms with Crippen LogP contribution in [-0.4, -0.2) is 35.2 Å². The maximum absolute atomic E-state index is 12.8. The zero-order chi connectivity index (χ0) is 17.8. The highest BCUT2D eigenvalue weighted by Gasteiger charge is 2.82. The molecule has 1 heterocycles. The first kappa shape index (κ1) is 15.6. The van der Waals surface area contributed by atoms with Crippen LogP contribution in [0.2, 0.25) is 0 Å². The van der Waals surface area contributed by atoms with Gasteiger partial charge in [-0.15, -0.1) is 0 Å². The van der Waals surface area contributed by atoms with Crippen molar-refractivity contribution in [3.63, 3.8) is 0 Å². The lowest BCUT2D eigenvalue weighted by molar-refractivity contribution is -0.152. The Morgan fingerprint density at radius 1 is 1.44 bits per heavy atom. The van der Waals surface area contributed by atoms with E-state index in [0.29, 0.717) is 30.8 Å². The number of carbonyl (C=O) groups excluding carboxylic acids is 1. The number of ether oxygens (including phenoxy) is 2. The number of nitrogens with two attached hydrogens (primary N) is 1. The van der Waals surface area contributed by atoms with Gasteiger partial charge in [0.05, 0.1) is 18.1 Å². The number of aliphatic hydroxyl groups is 1. The second-order valence-electron chi connectivity index (χ2n) is 8.62. The Morgan fingerprint density at radius 3 is 2.88 bits per heavy atom. The number of hydrogen-bond donors (Lipinski definition) is 2. The summed E-state index contributed by atoms with van der Waals surface area (Å²) in [4.78, 5) is 12.8. The molecule has 25 heavy (non-hydrogen) atoms. The molecule has 5 atom stereocenters. The van der Waals surface area contributed by atoms with E-state index in [1.807, 2.05) is 13.0 Å². The molecule has 3 aliphatic carbocycles. The van der Waals surface area contributed by atoms with E-state index in [1.54, 1.807) is 7.11 Å². The van der Waals surface area contributed by atoms with Crippen LogP contribution in [0.4, 0.5) is 0 Å². The molecule has 5 heteroatoms. The molecule has 5 nitrogen and oxygen atoms in total. The van der Waals surface area contributed by atoms with Crippen LogP contribution in [0.25, 0.3) is 0 Å². The van der Waals surface area contributed by atoms with Crippen LogP contribution in [-0.2, 0) is 16.6 Å². The molecule has 0 amide bonds. The predicted molar refractivity (Wildman–Crippen MR) is 91.9 cm³/mol. The Bertz CT molecular complexity index is 818. The largest absolute Gasteiger partial charge is 0.493 e. The van der Waals surface area contributed by atoms with Crippen molar-refractivity contribution >= 4 is 5.78 Å². The summed E-state index contributed by atoms with van der Waals surface area (Å²) in [6.45, 7) is 4.13. The van der Waals surface area contributed by atoms with Crippen LogP contribution in [0, 0.1) is 5.41 Å². The van der Waals surface area contributed by atoms with Gasteiger partial charge in [-0.1, -0.05) is 13.0 Å². The lowest BCUT2D eigenvalue weighted by Gasteiger charge is -2.51. The second kappa shape index (κ2) is 4.21. The number of ketones is 1. The van der Waals surface area contributed by atoms with Gasteiger partial charge in [0.2, 0.25) is 0 Å². The standard InChI is InChI=1S/C20H25NO4/c1-4-18-9-11-5-6-13(24-3)15-14(11)19(10-18)16(25-15)12(22)7-8-20(19,23)17(18,2)21/h5-6,16,23H,4,7-10,21H2,1-3H3/t16?,17-,18?,19?,20?/m0/s1. The highest BCUT2D eigenvalue weighted by atomic mass is 16.5. The molecule has 1 aromatic rings. The summed E-state index contributed by atoms with van der Waals surface area (Å²) in [6, 6.07) is 3.98. The predicted octanol–water partition coefficient (Wildman–Crippen LogP) is 1.86. The number of methoxy groups -OCH3 is 1. The fraction of sp³-hybridized carbons (Fsp3) is 0.650. The van der Waals surface area contributed by atoms with E-state index in [0.717, 1.165) is 24.0 Å². The molecule has 3 N–H and O–H groups in total. The monoisotopic (exact) mass is 343 g/mol. The van der Waals surface area contributed by atoms with Crippen molar-refractivity contribution in [3.05, 3.63) is 23.3 Å². The maximum atomic E-state index is 12.8. The van der Waals surface area contributed by atoms with E-state index in [1.165, 1.54) is 0 Å². The summed E-state index contributed by atoms with van der Waals surface area (Å²) < 4.78 is 11.7. The highest BCUT2D eigenvalue weighted by Crippen LogP contribution is 2.74. The number of benzene rings is 1. The fourth-order valence-electron chi connectivity index (χ4n) is 6.72. The van der Waals surface area contributed by atoms with Gasteiger partial charge in [0.15, 0.2) is 23.4 Å². The smallest absolute Gasteiger partial charge is 0.174 e. The number of fused-ring (bicyclic) bond motifs is 1. The molecule has 4 unspecified atom stereocenters. The quantitative estimate of drug-likeness (QED) is 0.857. The highest BCUT2D eigenvalue weighted by molar-refractivity contribution is 5.90. The zero-order valence-corrected chi connectivity index (χ0v) is 15.0. The van der Waals surface area contributed by atoms with Crippen LogP contribution in [0.15, 0.2) is 12.1 Å². The first-order valence-corrected chi connectivity index (χ1v) is 9.19. The van der Waals surface area contributed by atoms with Gasteiger partial charge < -0.3 is 20.3 Å². The molecule has 2 fully saturated rings. The van der Waals surface area contributed by atoms with Crippen molar-refractivity contribution in [2.75, 3.05) is 7.11 Å². The maximum Gasteiger partial charge on any atom is 0.174 e. The molecule has 2 saturated carbocycles. The van der Waals surface area contributed by atoms with Crippen molar-refractivity contribution in [3.8, 4) is 11.5 Å². The van der Waals surface area contributed by atoms with Crippen LogP contribution >= 0.6 is 0 Å². The lowest BCUT2D eigenvalue weighted by Crippen LogP contribution is -2.70. The minimum Gasteiger partial charge on any atom is -0.493 e. The average Bonchev–Trinajstić information content (AvgIpc) is 3.01. The van der Waals surface area contributed by atoms with Crippen molar-refractivity contribution in [1.29, 1.82) is 0 Å². The van der Waals surface area contributed by atoms with Crippen LogP contribution in [0.1, 0.15) is 50.7 Å². The minimum absolute atomic E-state index is 0.0680. The van der Waals surface area contributed by atoms with Gasteiger partial charge in [-0.25, -0.2) is 0 Å². The molecular formula is C20H25NO4. The Kier molecular flexibility index (Phi) is 2.63. The summed E-state index contributed by atoms with van der Waals surface area (Å²) in [7, 11) is 1.61. The summed E-state index contributed by atoms with van der Waals surface area (Å²) in [5.74, 6) is 1.34. The topological polar surface area (TPSA) is 81.8 Å². The van der Waals surface area contributed by atoms with Gasteiger partial charge in [-0.05, 0) is 49.7 Å². The molecule has 134 valence electrons. The Balaban J connectivity index is 1.91.